The maximum absolute atomic E-state index is 13.0. The van der Waals surface area contributed by atoms with Gasteiger partial charge in [-0.25, -0.2) is 4.79 Å². The monoisotopic (exact) mass is 746 g/mol. The summed E-state index contributed by atoms with van der Waals surface area (Å²) in [6.07, 6.45) is -4.07. The van der Waals surface area contributed by atoms with Gasteiger partial charge >= 0.3 is 18.1 Å². The number of carboxylic acid groups (broad SMARTS) is 1. The highest BCUT2D eigenvalue weighted by molar-refractivity contribution is 5.96. The Hall–Kier alpha value is -3.84. The summed E-state index contributed by atoms with van der Waals surface area (Å²) in [5.74, 6) is -1.92. The number of hydrogen-bond acceptors (Lipinski definition) is 12. The molecule has 0 unspecified atom stereocenters. The van der Waals surface area contributed by atoms with Crippen molar-refractivity contribution in [2.75, 3.05) is 111 Å². The van der Waals surface area contributed by atoms with Crippen molar-refractivity contribution in [2.24, 2.45) is 0 Å². The zero-order chi connectivity index (χ0) is 37.7. The molecular formula is C35H49F3N2O12. The van der Waals surface area contributed by atoms with Crippen LogP contribution < -0.4 is 10.6 Å². The number of halogens is 3. The Morgan fingerprint density at radius 2 is 1.12 bits per heavy atom. The van der Waals surface area contributed by atoms with Gasteiger partial charge in [0.05, 0.1) is 109 Å². The minimum atomic E-state index is -4.48. The fraction of sp³-hybridized carbons (Fsp3) is 0.571. The maximum Gasteiger partial charge on any atom is 0.416 e. The topological polar surface area (TPSA) is 169 Å². The Labute approximate surface area is 301 Å². The Bertz CT molecular complexity index is 1290. The molecule has 17 heteroatoms. The van der Waals surface area contributed by atoms with Gasteiger partial charge in [0.2, 0.25) is 5.91 Å². The van der Waals surface area contributed by atoms with Crippen molar-refractivity contribution in [3.05, 3.63) is 59.7 Å². The summed E-state index contributed by atoms with van der Waals surface area (Å²) < 4.78 is 82.3. The molecule has 14 nitrogen and oxygen atoms in total. The molecule has 292 valence electrons. The number of ether oxygens (including phenoxy) is 8. The zero-order valence-corrected chi connectivity index (χ0v) is 29.1. The Morgan fingerprint density at radius 3 is 1.63 bits per heavy atom. The minimum absolute atomic E-state index is 0.0127. The predicted molar refractivity (Wildman–Crippen MR) is 182 cm³/mol. The SMILES string of the molecule is O=C(O)CCC(=O)NCCCOCCOCCOCCOCCOCCOCCOCCOC(=O)c1ccccc1Nc1cccc(C(F)(F)F)c1. The molecule has 0 aliphatic carbocycles. The number of alkyl halides is 3. The van der Waals surface area contributed by atoms with Crippen molar-refractivity contribution >= 4 is 29.2 Å². The van der Waals surface area contributed by atoms with E-state index >= 15 is 0 Å². The van der Waals surface area contributed by atoms with Crippen LogP contribution in [0.15, 0.2) is 48.5 Å². The molecule has 0 aliphatic heterocycles. The number of carboxylic acids is 1. The van der Waals surface area contributed by atoms with Gasteiger partial charge in [-0.1, -0.05) is 18.2 Å². The first-order valence-corrected chi connectivity index (χ1v) is 16.9. The lowest BCUT2D eigenvalue weighted by molar-refractivity contribution is -0.139. The van der Waals surface area contributed by atoms with Gasteiger partial charge in [0.15, 0.2) is 0 Å². The van der Waals surface area contributed by atoms with Gasteiger partial charge in [-0.3, -0.25) is 9.59 Å². The van der Waals surface area contributed by atoms with Crippen molar-refractivity contribution < 1.29 is 70.6 Å². The van der Waals surface area contributed by atoms with E-state index in [2.05, 4.69) is 10.6 Å². The third-order valence-corrected chi connectivity index (χ3v) is 6.66. The highest BCUT2D eigenvalue weighted by Gasteiger charge is 2.30. The van der Waals surface area contributed by atoms with Crippen LogP contribution in [0.25, 0.3) is 0 Å². The molecule has 1 amide bonds. The van der Waals surface area contributed by atoms with Gasteiger partial charge in [0.1, 0.15) is 6.61 Å². The molecule has 0 radical (unpaired) electrons. The molecule has 3 N–H and O–H groups in total. The standard InChI is InChI=1S/C35H49F3N2O12/c36-35(37,38)28-5-3-6-29(27-28)40-31-8-2-1-7-30(31)34(44)52-26-25-51-24-23-50-22-21-49-20-19-48-18-17-47-16-15-46-14-13-45-12-4-11-39-32(41)9-10-33(42)43/h1-3,5-8,27,40H,4,9-26H2,(H,39,41)(H,42,43). The third-order valence-electron chi connectivity index (χ3n) is 6.66. The molecule has 0 heterocycles. The molecule has 0 spiro atoms. The molecule has 0 bridgehead atoms. The second-order valence-corrected chi connectivity index (χ2v) is 10.8. The van der Waals surface area contributed by atoms with Crippen LogP contribution in [0.2, 0.25) is 0 Å². The summed E-state index contributed by atoms with van der Waals surface area (Å²) in [5.41, 5.74) is -0.123. The van der Waals surface area contributed by atoms with E-state index in [9.17, 15) is 27.6 Å². The molecule has 0 aromatic heterocycles. The first-order chi connectivity index (χ1) is 25.2. The minimum Gasteiger partial charge on any atom is -0.481 e. The van der Waals surface area contributed by atoms with E-state index in [0.29, 0.717) is 97.9 Å². The maximum atomic E-state index is 13.0. The van der Waals surface area contributed by atoms with Crippen molar-refractivity contribution in [3.63, 3.8) is 0 Å². The van der Waals surface area contributed by atoms with Crippen molar-refractivity contribution in [3.8, 4) is 0 Å². The number of esters is 1. The quantitative estimate of drug-likeness (QED) is 0.0746. The molecule has 0 atom stereocenters. The van der Waals surface area contributed by atoms with Crippen LogP contribution in [0.4, 0.5) is 24.5 Å². The van der Waals surface area contributed by atoms with Gasteiger partial charge in [-0.15, -0.1) is 0 Å². The number of amides is 1. The van der Waals surface area contributed by atoms with E-state index in [0.717, 1.165) is 12.1 Å². The number of anilines is 2. The number of rotatable bonds is 31. The largest absolute Gasteiger partial charge is 0.481 e. The molecule has 2 aromatic rings. The number of benzene rings is 2. The lowest BCUT2D eigenvalue weighted by Crippen LogP contribution is -2.25. The summed E-state index contributed by atoms with van der Waals surface area (Å²) in [6, 6.07) is 11.1. The number of para-hydroxylation sites is 1. The van der Waals surface area contributed by atoms with Gasteiger partial charge in [0.25, 0.3) is 0 Å². The lowest BCUT2D eigenvalue weighted by atomic mass is 10.1. The summed E-state index contributed by atoms with van der Waals surface area (Å²) in [7, 11) is 0. The molecular weight excluding hydrogens is 697 g/mol. The predicted octanol–water partition coefficient (Wildman–Crippen LogP) is 4.09. The van der Waals surface area contributed by atoms with Crippen LogP contribution in [0.5, 0.6) is 0 Å². The van der Waals surface area contributed by atoms with Crippen LogP contribution in [0, 0.1) is 0 Å². The van der Waals surface area contributed by atoms with Gasteiger partial charge in [0, 0.05) is 25.3 Å². The average Bonchev–Trinajstić information content (AvgIpc) is 3.12. The van der Waals surface area contributed by atoms with Gasteiger partial charge in [-0.05, 0) is 36.8 Å². The molecule has 0 saturated carbocycles. The Morgan fingerprint density at radius 1 is 0.615 bits per heavy atom. The van der Waals surface area contributed by atoms with Crippen LogP contribution in [0.3, 0.4) is 0 Å². The first-order valence-electron chi connectivity index (χ1n) is 16.9. The van der Waals surface area contributed by atoms with E-state index in [1.54, 1.807) is 18.2 Å². The summed E-state index contributed by atoms with van der Waals surface area (Å²) in [4.78, 5) is 34.4. The van der Waals surface area contributed by atoms with Crippen LogP contribution >= 0.6 is 0 Å². The molecule has 2 aromatic carbocycles. The smallest absolute Gasteiger partial charge is 0.416 e. The van der Waals surface area contributed by atoms with E-state index in [4.69, 9.17) is 43.0 Å². The highest BCUT2D eigenvalue weighted by Crippen LogP contribution is 2.32. The van der Waals surface area contributed by atoms with Crippen molar-refractivity contribution in [1.82, 2.24) is 5.32 Å². The molecule has 0 fully saturated rings. The number of nitrogens with one attached hydrogen (secondary N) is 2. The number of hydrogen-bond donors (Lipinski definition) is 3. The Kier molecular flexibility index (Phi) is 23.7. The number of carbonyl (C=O) groups excluding carboxylic acids is 2. The van der Waals surface area contributed by atoms with Crippen molar-refractivity contribution in [2.45, 2.75) is 25.4 Å². The van der Waals surface area contributed by atoms with Gasteiger partial charge in [-0.2, -0.15) is 13.2 Å². The number of aliphatic carboxylic acids is 1. The van der Waals surface area contributed by atoms with E-state index in [1.807, 2.05) is 0 Å². The van der Waals surface area contributed by atoms with Crippen LogP contribution in [0.1, 0.15) is 35.2 Å². The van der Waals surface area contributed by atoms with E-state index in [-0.39, 0.29) is 49.8 Å². The second-order valence-electron chi connectivity index (χ2n) is 10.8. The van der Waals surface area contributed by atoms with Crippen molar-refractivity contribution in [1.29, 1.82) is 0 Å². The summed E-state index contributed by atoms with van der Waals surface area (Å²) in [5, 5.41) is 14.0. The molecule has 0 aliphatic rings. The van der Waals surface area contributed by atoms with E-state index < -0.39 is 23.7 Å². The van der Waals surface area contributed by atoms with E-state index in [1.165, 1.54) is 18.2 Å². The second kappa shape index (κ2) is 27.8. The third kappa shape index (κ3) is 22.2. The lowest BCUT2D eigenvalue weighted by Gasteiger charge is -2.13. The molecule has 52 heavy (non-hydrogen) atoms. The fourth-order valence-corrected chi connectivity index (χ4v) is 4.10. The first kappa shape index (κ1) is 44.3. The van der Waals surface area contributed by atoms with Crippen LogP contribution in [-0.2, 0) is 53.7 Å². The fourth-order valence-electron chi connectivity index (χ4n) is 4.10. The van der Waals surface area contributed by atoms with Crippen LogP contribution in [-0.4, -0.2) is 129 Å². The average molecular weight is 747 g/mol. The summed E-state index contributed by atoms with van der Waals surface area (Å²) >= 11 is 0. The number of carbonyl (C=O) groups is 3. The normalized spacial score (nSPS) is 11.4. The molecule has 0 saturated heterocycles. The summed E-state index contributed by atoms with van der Waals surface area (Å²) in [6.45, 7) is 5.76. The Balaban J connectivity index is 1.32. The highest BCUT2D eigenvalue weighted by atomic mass is 19.4. The van der Waals surface area contributed by atoms with Gasteiger partial charge < -0.3 is 53.6 Å². The molecule has 2 rings (SSSR count). The zero-order valence-electron chi connectivity index (χ0n) is 29.1.